The lowest BCUT2D eigenvalue weighted by Gasteiger charge is -2.20. The number of benzene rings is 2. The number of aromatic nitrogens is 2. The summed E-state index contributed by atoms with van der Waals surface area (Å²) < 4.78 is 86.9. The van der Waals surface area contributed by atoms with Gasteiger partial charge in [-0.05, 0) is 35.9 Å². The van der Waals surface area contributed by atoms with Gasteiger partial charge in [-0.15, -0.1) is 0 Å². The van der Waals surface area contributed by atoms with Crippen LogP contribution in [-0.2, 0) is 23.2 Å². The van der Waals surface area contributed by atoms with Gasteiger partial charge >= 0.3 is 6.18 Å². The first-order valence-corrected chi connectivity index (χ1v) is 12.0. The summed E-state index contributed by atoms with van der Waals surface area (Å²) in [6.45, 7) is 0.180. The van der Waals surface area contributed by atoms with Crippen LogP contribution in [0.5, 0.6) is 5.75 Å². The average Bonchev–Trinajstić information content (AvgIpc) is 3.40. The summed E-state index contributed by atoms with van der Waals surface area (Å²) in [6, 6.07) is 8.51. The monoisotopic (exact) mass is 517 g/mol. The molecule has 2 aromatic carbocycles. The molecule has 2 heterocycles. The third-order valence-electron chi connectivity index (χ3n) is 5.70. The predicted molar refractivity (Wildman–Crippen MR) is 117 cm³/mol. The maximum Gasteiger partial charge on any atom is 0.416 e. The molecule has 6 nitrogen and oxygen atoms in total. The normalized spacial score (nSPS) is 19.5. The molecule has 0 aliphatic carbocycles. The van der Waals surface area contributed by atoms with Crippen LogP contribution in [0.1, 0.15) is 17.0 Å². The van der Waals surface area contributed by atoms with Gasteiger partial charge in [0, 0.05) is 38.2 Å². The molecule has 0 unspecified atom stereocenters. The molecule has 182 valence electrons. The Morgan fingerprint density at radius 1 is 1.15 bits per heavy atom. The SMILES string of the molecule is Cn1cnc(S(=O)(=O)N2C[C@H](COc3ccc(C(F)(F)F)cc3Cl)[C@@H](c3ccc(F)cc3)C2)c1. The van der Waals surface area contributed by atoms with Gasteiger partial charge < -0.3 is 9.30 Å². The molecule has 0 bridgehead atoms. The molecule has 34 heavy (non-hydrogen) atoms. The molecule has 0 radical (unpaired) electrons. The Kier molecular flexibility index (Phi) is 6.63. The summed E-state index contributed by atoms with van der Waals surface area (Å²) in [5, 5.41) is -0.302. The fourth-order valence-electron chi connectivity index (χ4n) is 3.93. The van der Waals surface area contributed by atoms with Gasteiger partial charge in [-0.25, -0.2) is 17.8 Å². The van der Waals surface area contributed by atoms with Crippen molar-refractivity contribution < 1.29 is 30.7 Å². The molecule has 4 rings (SSSR count). The van der Waals surface area contributed by atoms with Gasteiger partial charge in [-0.3, -0.25) is 0 Å². The van der Waals surface area contributed by atoms with E-state index in [-0.39, 0.29) is 47.3 Å². The molecule has 2 atom stereocenters. The highest BCUT2D eigenvalue weighted by Crippen LogP contribution is 2.38. The topological polar surface area (TPSA) is 64.4 Å². The Morgan fingerprint density at radius 2 is 1.85 bits per heavy atom. The number of alkyl halides is 3. The van der Waals surface area contributed by atoms with Crippen molar-refractivity contribution in [3.05, 3.63) is 77.0 Å². The van der Waals surface area contributed by atoms with Crippen molar-refractivity contribution in [3.63, 3.8) is 0 Å². The highest BCUT2D eigenvalue weighted by Gasteiger charge is 2.41. The molecule has 3 aromatic rings. The van der Waals surface area contributed by atoms with E-state index < -0.39 is 27.6 Å². The molecule has 1 aliphatic rings. The van der Waals surface area contributed by atoms with Gasteiger partial charge in [0.15, 0.2) is 5.03 Å². The summed E-state index contributed by atoms with van der Waals surface area (Å²) >= 11 is 5.99. The fourth-order valence-corrected chi connectivity index (χ4v) is 5.65. The highest BCUT2D eigenvalue weighted by atomic mass is 35.5. The first-order valence-electron chi connectivity index (χ1n) is 10.2. The Hall–Kier alpha value is -2.63. The summed E-state index contributed by atoms with van der Waals surface area (Å²) in [5.74, 6) is -1.09. The van der Waals surface area contributed by atoms with Crippen LogP contribution in [0.4, 0.5) is 17.6 Å². The van der Waals surface area contributed by atoms with E-state index in [1.165, 1.54) is 33.5 Å². The smallest absolute Gasteiger partial charge is 0.416 e. The van der Waals surface area contributed by atoms with E-state index >= 15 is 0 Å². The van der Waals surface area contributed by atoms with Crippen LogP contribution in [0, 0.1) is 11.7 Å². The lowest BCUT2D eigenvalue weighted by molar-refractivity contribution is -0.137. The molecule has 0 N–H and O–H groups in total. The second-order valence-corrected chi connectivity index (χ2v) is 10.4. The Bertz CT molecular complexity index is 1280. The average molecular weight is 518 g/mol. The van der Waals surface area contributed by atoms with E-state index in [9.17, 15) is 26.0 Å². The lowest BCUT2D eigenvalue weighted by atomic mass is 9.89. The quantitative estimate of drug-likeness (QED) is 0.444. The van der Waals surface area contributed by atoms with E-state index in [2.05, 4.69) is 4.98 Å². The number of nitrogens with zero attached hydrogens (tertiary/aromatic N) is 3. The number of hydrogen-bond donors (Lipinski definition) is 0. The maximum atomic E-state index is 13.5. The molecule has 1 aromatic heterocycles. The molecule has 0 amide bonds. The fraction of sp³-hybridized carbons (Fsp3) is 0.318. The first kappa shape index (κ1) is 24.5. The van der Waals surface area contributed by atoms with Crippen molar-refractivity contribution in [2.75, 3.05) is 19.7 Å². The number of sulfonamides is 1. The zero-order valence-corrected chi connectivity index (χ0v) is 19.4. The number of ether oxygens (including phenoxy) is 1. The lowest BCUT2D eigenvalue weighted by Crippen LogP contribution is -2.30. The minimum atomic E-state index is -4.54. The molecule has 0 spiro atoms. The van der Waals surface area contributed by atoms with E-state index in [1.54, 1.807) is 19.2 Å². The minimum absolute atomic E-state index is 0.0125. The van der Waals surface area contributed by atoms with Crippen LogP contribution in [0.15, 0.2) is 60.0 Å². The zero-order valence-electron chi connectivity index (χ0n) is 17.8. The number of aryl methyl sites for hydroxylation is 1. The van der Waals surface area contributed by atoms with Crippen LogP contribution in [0.25, 0.3) is 0 Å². The van der Waals surface area contributed by atoms with Crippen molar-refractivity contribution in [3.8, 4) is 5.75 Å². The summed E-state index contributed by atoms with van der Waals surface area (Å²) in [7, 11) is -2.24. The molecular formula is C22H20ClF4N3O3S. The van der Waals surface area contributed by atoms with Gasteiger partial charge in [0.05, 0.1) is 23.5 Å². The number of hydrogen-bond acceptors (Lipinski definition) is 4. The van der Waals surface area contributed by atoms with Crippen molar-refractivity contribution in [2.24, 2.45) is 13.0 Å². The van der Waals surface area contributed by atoms with Gasteiger partial charge in [-0.1, -0.05) is 23.7 Å². The molecule has 0 saturated carbocycles. The van der Waals surface area contributed by atoms with Gasteiger partial charge in [0.25, 0.3) is 10.0 Å². The van der Waals surface area contributed by atoms with Crippen LogP contribution in [0.3, 0.4) is 0 Å². The summed E-state index contributed by atoms with van der Waals surface area (Å²) in [4.78, 5) is 3.94. The highest BCUT2D eigenvalue weighted by molar-refractivity contribution is 7.89. The molecule has 12 heteroatoms. The first-order chi connectivity index (χ1) is 15.9. The largest absolute Gasteiger partial charge is 0.492 e. The van der Waals surface area contributed by atoms with Crippen LogP contribution < -0.4 is 4.74 Å². The van der Waals surface area contributed by atoms with Gasteiger partial charge in [-0.2, -0.15) is 17.5 Å². The summed E-state index contributed by atoms with van der Waals surface area (Å²) in [5.41, 5.74) is -0.185. The number of rotatable bonds is 6. The zero-order chi connectivity index (χ0) is 24.7. The Morgan fingerprint density at radius 3 is 2.44 bits per heavy atom. The second-order valence-electron chi connectivity index (χ2n) is 8.07. The minimum Gasteiger partial charge on any atom is -0.492 e. The van der Waals surface area contributed by atoms with Gasteiger partial charge in [0.1, 0.15) is 11.6 Å². The third kappa shape index (κ3) is 5.06. The van der Waals surface area contributed by atoms with E-state index in [1.807, 2.05) is 0 Å². The van der Waals surface area contributed by atoms with Crippen LogP contribution in [0.2, 0.25) is 5.02 Å². The van der Waals surface area contributed by atoms with Gasteiger partial charge in [0.2, 0.25) is 0 Å². The van der Waals surface area contributed by atoms with Crippen molar-refractivity contribution in [2.45, 2.75) is 17.1 Å². The second kappa shape index (κ2) is 9.20. The molecule has 1 saturated heterocycles. The maximum absolute atomic E-state index is 13.5. The van der Waals surface area contributed by atoms with Crippen molar-refractivity contribution in [1.82, 2.24) is 13.9 Å². The Labute approximate surface area is 198 Å². The number of halogens is 5. The molecular weight excluding hydrogens is 498 g/mol. The third-order valence-corrected chi connectivity index (χ3v) is 7.72. The molecule has 1 fully saturated rings. The van der Waals surface area contributed by atoms with Crippen molar-refractivity contribution >= 4 is 21.6 Å². The van der Waals surface area contributed by atoms with E-state index in [0.29, 0.717) is 5.56 Å². The van der Waals surface area contributed by atoms with Crippen molar-refractivity contribution in [1.29, 1.82) is 0 Å². The predicted octanol–water partition coefficient (Wildman–Crippen LogP) is 4.71. The van der Waals surface area contributed by atoms with Crippen LogP contribution >= 0.6 is 11.6 Å². The standard InChI is InChI=1S/C22H20ClF4N3O3S/c1-29-11-21(28-13-29)34(31,32)30-9-15(18(10-30)14-2-5-17(24)6-3-14)12-33-20-7-4-16(8-19(20)23)22(25,26)27/h2-8,11,13,15,18H,9-10,12H2,1H3/t15-,18-/m1/s1. The van der Waals surface area contributed by atoms with E-state index in [0.717, 1.165) is 18.2 Å². The summed E-state index contributed by atoms with van der Waals surface area (Å²) in [6.07, 6.45) is -1.76. The van der Waals surface area contributed by atoms with E-state index in [4.69, 9.17) is 16.3 Å². The number of imidazole rings is 1. The molecule has 1 aliphatic heterocycles. The van der Waals surface area contributed by atoms with Crippen LogP contribution in [-0.4, -0.2) is 42.0 Å². The Balaban J connectivity index is 1.58.